The molecule has 0 amide bonds. The highest BCUT2D eigenvalue weighted by Crippen LogP contribution is 2.38. The maximum atomic E-state index is 12.2. The molecular weight excluding hydrogens is 372 g/mol. The molecule has 0 aliphatic heterocycles. The number of Topliss-reactive ketones (excluding diaryl/α,β-unsaturated/α-hetero) is 1. The Morgan fingerprint density at radius 2 is 1.58 bits per heavy atom. The third kappa shape index (κ3) is 4.38. The molecule has 0 bridgehead atoms. The minimum Gasteiger partial charge on any atom is -0.493 e. The predicted molar refractivity (Wildman–Crippen MR) is 98.2 cm³/mol. The van der Waals surface area contributed by atoms with Gasteiger partial charge in [-0.15, -0.1) is 0 Å². The van der Waals surface area contributed by atoms with Crippen molar-refractivity contribution in [2.45, 2.75) is 6.42 Å². The van der Waals surface area contributed by atoms with E-state index in [0.29, 0.717) is 29.2 Å². The van der Waals surface area contributed by atoms with E-state index in [0.717, 1.165) is 10.0 Å². The molecule has 0 aliphatic carbocycles. The van der Waals surface area contributed by atoms with E-state index in [-0.39, 0.29) is 5.78 Å². The van der Waals surface area contributed by atoms with Gasteiger partial charge in [0.05, 0.1) is 21.3 Å². The van der Waals surface area contributed by atoms with Crippen LogP contribution < -0.4 is 14.2 Å². The van der Waals surface area contributed by atoms with Gasteiger partial charge in [-0.3, -0.25) is 4.79 Å². The molecular formula is C19H19BrO4. The van der Waals surface area contributed by atoms with Gasteiger partial charge in [0.1, 0.15) is 0 Å². The quantitative estimate of drug-likeness (QED) is 0.639. The highest BCUT2D eigenvalue weighted by Gasteiger charge is 2.12. The Bertz CT molecular complexity index is 711. The van der Waals surface area contributed by atoms with Crippen LogP contribution in [0.3, 0.4) is 0 Å². The zero-order chi connectivity index (χ0) is 17.5. The van der Waals surface area contributed by atoms with Gasteiger partial charge in [-0.05, 0) is 29.8 Å². The van der Waals surface area contributed by atoms with Crippen molar-refractivity contribution in [1.29, 1.82) is 0 Å². The lowest BCUT2D eigenvalue weighted by Gasteiger charge is -2.12. The minimum absolute atomic E-state index is 0.0613. The first-order chi connectivity index (χ1) is 11.6. The van der Waals surface area contributed by atoms with E-state index in [4.69, 9.17) is 14.2 Å². The number of carbonyl (C=O) groups is 1. The molecule has 0 N–H and O–H groups in total. The van der Waals surface area contributed by atoms with Crippen LogP contribution in [-0.4, -0.2) is 27.1 Å². The Kier molecular flexibility index (Phi) is 6.44. The lowest BCUT2D eigenvalue weighted by atomic mass is 10.1. The minimum atomic E-state index is 0.0613. The molecule has 0 heterocycles. The fourth-order valence-corrected chi connectivity index (χ4v) is 2.52. The van der Waals surface area contributed by atoms with Crippen LogP contribution in [0.4, 0.5) is 0 Å². The summed E-state index contributed by atoms with van der Waals surface area (Å²) in [5.74, 6) is 1.76. The number of carbonyl (C=O) groups excluding carboxylic acids is 1. The van der Waals surface area contributed by atoms with Crippen molar-refractivity contribution in [2.24, 2.45) is 0 Å². The molecule has 0 atom stereocenters. The van der Waals surface area contributed by atoms with Crippen LogP contribution in [0.5, 0.6) is 17.2 Å². The van der Waals surface area contributed by atoms with Crippen LogP contribution >= 0.6 is 15.9 Å². The molecule has 2 rings (SSSR count). The third-order valence-corrected chi connectivity index (χ3v) is 4.00. The lowest BCUT2D eigenvalue weighted by Crippen LogP contribution is -1.97. The summed E-state index contributed by atoms with van der Waals surface area (Å²) in [6.45, 7) is 0. The number of methoxy groups -OCH3 is 3. The van der Waals surface area contributed by atoms with Crippen molar-refractivity contribution >= 4 is 27.8 Å². The molecule has 0 saturated heterocycles. The highest BCUT2D eigenvalue weighted by atomic mass is 79.9. The summed E-state index contributed by atoms with van der Waals surface area (Å²) in [6, 6.07) is 11.0. The van der Waals surface area contributed by atoms with Gasteiger partial charge in [-0.25, -0.2) is 0 Å². The van der Waals surface area contributed by atoms with E-state index in [9.17, 15) is 4.79 Å². The fraction of sp³-hybridized carbons (Fsp3) is 0.211. The second kappa shape index (κ2) is 8.55. The van der Waals surface area contributed by atoms with Gasteiger partial charge in [-0.2, -0.15) is 0 Å². The topological polar surface area (TPSA) is 44.8 Å². The van der Waals surface area contributed by atoms with Crippen LogP contribution in [0.15, 0.2) is 46.9 Å². The van der Waals surface area contributed by atoms with Gasteiger partial charge in [0.15, 0.2) is 17.3 Å². The normalized spacial score (nSPS) is 10.7. The van der Waals surface area contributed by atoms with Crippen LogP contribution in [0.2, 0.25) is 0 Å². The molecule has 126 valence electrons. The summed E-state index contributed by atoms with van der Waals surface area (Å²) in [5, 5.41) is 0. The van der Waals surface area contributed by atoms with Gasteiger partial charge in [0, 0.05) is 16.5 Å². The summed E-state index contributed by atoms with van der Waals surface area (Å²) < 4.78 is 16.9. The van der Waals surface area contributed by atoms with E-state index in [1.54, 1.807) is 33.5 Å². The molecule has 0 unspecified atom stereocenters. The van der Waals surface area contributed by atoms with Crippen molar-refractivity contribution in [1.82, 2.24) is 0 Å². The average molecular weight is 391 g/mol. The van der Waals surface area contributed by atoms with Crippen molar-refractivity contribution in [3.8, 4) is 17.2 Å². The average Bonchev–Trinajstić information content (AvgIpc) is 2.61. The number of hydrogen-bond donors (Lipinski definition) is 0. The maximum Gasteiger partial charge on any atom is 0.203 e. The molecule has 2 aromatic rings. The van der Waals surface area contributed by atoms with Gasteiger partial charge in [-0.1, -0.05) is 40.2 Å². The monoisotopic (exact) mass is 390 g/mol. The van der Waals surface area contributed by atoms with Crippen molar-refractivity contribution in [3.05, 3.63) is 58.1 Å². The number of hydrogen-bond acceptors (Lipinski definition) is 4. The van der Waals surface area contributed by atoms with Gasteiger partial charge in [0.2, 0.25) is 5.75 Å². The smallest absolute Gasteiger partial charge is 0.203 e. The molecule has 24 heavy (non-hydrogen) atoms. The van der Waals surface area contributed by atoms with Crippen LogP contribution in [-0.2, 0) is 0 Å². The molecule has 0 aliphatic rings. The number of ketones is 1. The molecule has 2 aromatic carbocycles. The van der Waals surface area contributed by atoms with E-state index < -0.39 is 0 Å². The Morgan fingerprint density at radius 1 is 1.00 bits per heavy atom. The molecule has 0 fully saturated rings. The zero-order valence-corrected chi connectivity index (χ0v) is 15.4. The Hall–Kier alpha value is -2.27. The third-order valence-electron chi connectivity index (χ3n) is 3.47. The van der Waals surface area contributed by atoms with Gasteiger partial charge >= 0.3 is 0 Å². The molecule has 0 aromatic heterocycles. The van der Waals surface area contributed by atoms with Crippen molar-refractivity contribution in [3.63, 3.8) is 0 Å². The summed E-state index contributed by atoms with van der Waals surface area (Å²) in [6.07, 6.45) is 4.00. The van der Waals surface area contributed by atoms with Crippen LogP contribution in [0, 0.1) is 0 Å². The molecule has 0 radical (unpaired) electrons. The SMILES string of the molecule is COc1cc(C=CCC(=O)c2ccc(Br)cc2)cc(OC)c1OC. The van der Waals surface area contributed by atoms with E-state index in [1.165, 1.54) is 0 Å². The second-order valence-electron chi connectivity index (χ2n) is 5.00. The largest absolute Gasteiger partial charge is 0.493 e. The fourth-order valence-electron chi connectivity index (χ4n) is 2.25. The molecule has 0 saturated carbocycles. The number of ether oxygens (including phenoxy) is 3. The van der Waals surface area contributed by atoms with Crippen LogP contribution in [0.25, 0.3) is 6.08 Å². The van der Waals surface area contributed by atoms with Crippen LogP contribution in [0.1, 0.15) is 22.3 Å². The summed E-state index contributed by atoms with van der Waals surface area (Å²) in [4.78, 5) is 12.2. The van der Waals surface area contributed by atoms with Crippen molar-refractivity contribution in [2.75, 3.05) is 21.3 Å². The van der Waals surface area contributed by atoms with Gasteiger partial charge in [0.25, 0.3) is 0 Å². The zero-order valence-electron chi connectivity index (χ0n) is 13.8. The van der Waals surface area contributed by atoms with E-state index in [1.807, 2.05) is 36.4 Å². The molecule has 4 nitrogen and oxygen atoms in total. The number of benzene rings is 2. The Labute approximate surface area is 150 Å². The Morgan fingerprint density at radius 3 is 2.08 bits per heavy atom. The first kappa shape index (κ1) is 18.1. The first-order valence-electron chi connectivity index (χ1n) is 7.34. The number of allylic oxidation sites excluding steroid dienone is 1. The standard InChI is InChI=1S/C19H19BrO4/c1-22-17-11-13(12-18(23-2)19(17)24-3)5-4-6-16(21)14-7-9-15(20)10-8-14/h4-5,7-12H,6H2,1-3H3. The summed E-state index contributed by atoms with van der Waals surface area (Å²) in [5.41, 5.74) is 1.56. The van der Waals surface area contributed by atoms with E-state index in [2.05, 4.69) is 15.9 Å². The predicted octanol–water partition coefficient (Wildman–Crippen LogP) is 4.76. The molecule has 0 spiro atoms. The first-order valence-corrected chi connectivity index (χ1v) is 8.13. The summed E-state index contributed by atoms with van der Waals surface area (Å²) >= 11 is 3.36. The highest BCUT2D eigenvalue weighted by molar-refractivity contribution is 9.10. The molecule has 5 heteroatoms. The van der Waals surface area contributed by atoms with Gasteiger partial charge < -0.3 is 14.2 Å². The Balaban J connectivity index is 2.14. The second-order valence-corrected chi connectivity index (χ2v) is 5.91. The summed E-state index contributed by atoms with van der Waals surface area (Å²) in [7, 11) is 4.70. The number of halogens is 1. The number of rotatable bonds is 7. The maximum absolute atomic E-state index is 12.2. The lowest BCUT2D eigenvalue weighted by molar-refractivity contribution is 0.0996. The van der Waals surface area contributed by atoms with Crippen molar-refractivity contribution < 1.29 is 19.0 Å². The van der Waals surface area contributed by atoms with E-state index >= 15 is 0 Å².